The Kier molecular flexibility index (Phi) is 3.27. The predicted molar refractivity (Wildman–Crippen MR) is 81.0 cm³/mol. The lowest BCUT2D eigenvalue weighted by molar-refractivity contribution is -0.141. The van der Waals surface area contributed by atoms with E-state index in [4.69, 9.17) is 0 Å². The van der Waals surface area contributed by atoms with Gasteiger partial charge in [0.1, 0.15) is 5.78 Å². The average molecular weight is 262 g/mol. The van der Waals surface area contributed by atoms with Crippen LogP contribution in [0.15, 0.2) is 11.1 Å². The highest BCUT2D eigenvalue weighted by Crippen LogP contribution is 2.53. The second-order valence-corrected chi connectivity index (χ2v) is 8.74. The fourth-order valence-electron chi connectivity index (χ4n) is 4.42. The Morgan fingerprint density at radius 1 is 0.895 bits per heavy atom. The van der Waals surface area contributed by atoms with Gasteiger partial charge in [0.2, 0.25) is 0 Å². The van der Waals surface area contributed by atoms with Gasteiger partial charge in [-0.25, -0.2) is 0 Å². The second kappa shape index (κ2) is 4.20. The first-order valence-electron chi connectivity index (χ1n) is 7.72. The zero-order valence-corrected chi connectivity index (χ0v) is 13.8. The molecule has 0 radical (unpaired) electrons. The SMILES string of the molecule is CC1=C(C2CC(C)(C)C(=O)C(C)(C)C2)CCC1(C)C. The highest BCUT2D eigenvalue weighted by molar-refractivity contribution is 5.90. The van der Waals surface area contributed by atoms with Crippen LogP contribution in [0, 0.1) is 22.2 Å². The molecule has 0 aliphatic heterocycles. The molecule has 0 N–H and O–H groups in total. The number of rotatable bonds is 1. The van der Waals surface area contributed by atoms with E-state index in [0.717, 1.165) is 12.8 Å². The van der Waals surface area contributed by atoms with Gasteiger partial charge in [0.15, 0.2) is 0 Å². The van der Waals surface area contributed by atoms with Crippen molar-refractivity contribution < 1.29 is 4.79 Å². The Bertz CT molecular complexity index is 415. The van der Waals surface area contributed by atoms with E-state index < -0.39 is 0 Å². The minimum atomic E-state index is -0.160. The molecule has 0 bridgehead atoms. The Labute approximate surface area is 118 Å². The summed E-state index contributed by atoms with van der Waals surface area (Å²) in [5, 5.41) is 0. The maximum Gasteiger partial charge on any atom is 0.144 e. The summed E-state index contributed by atoms with van der Waals surface area (Å²) in [5.74, 6) is 1.07. The lowest BCUT2D eigenvalue weighted by Gasteiger charge is -2.44. The second-order valence-electron chi connectivity index (χ2n) is 8.74. The van der Waals surface area contributed by atoms with Gasteiger partial charge >= 0.3 is 0 Å². The molecule has 0 unspecified atom stereocenters. The van der Waals surface area contributed by atoms with Crippen molar-refractivity contribution in [1.29, 1.82) is 0 Å². The molecule has 0 spiro atoms. The molecule has 1 fully saturated rings. The van der Waals surface area contributed by atoms with E-state index >= 15 is 0 Å². The molecule has 2 aliphatic carbocycles. The average Bonchev–Trinajstić information content (AvgIpc) is 2.50. The third-order valence-electron chi connectivity index (χ3n) is 5.75. The largest absolute Gasteiger partial charge is 0.299 e. The maximum absolute atomic E-state index is 12.5. The Hall–Kier alpha value is -0.590. The molecule has 0 heterocycles. The molecule has 108 valence electrons. The van der Waals surface area contributed by atoms with Crippen molar-refractivity contribution in [3.05, 3.63) is 11.1 Å². The first-order valence-corrected chi connectivity index (χ1v) is 7.72. The molecule has 2 rings (SSSR count). The van der Waals surface area contributed by atoms with Crippen molar-refractivity contribution in [3.8, 4) is 0 Å². The van der Waals surface area contributed by atoms with Gasteiger partial charge < -0.3 is 0 Å². The molecule has 0 aromatic rings. The quantitative estimate of drug-likeness (QED) is 0.597. The summed E-state index contributed by atoms with van der Waals surface area (Å²) < 4.78 is 0. The number of carbonyl (C=O) groups is 1. The monoisotopic (exact) mass is 262 g/mol. The van der Waals surface area contributed by atoms with Gasteiger partial charge in [-0.2, -0.15) is 0 Å². The van der Waals surface area contributed by atoms with E-state index in [1.54, 1.807) is 11.1 Å². The number of Topliss-reactive ketones (excluding diaryl/α,β-unsaturated/α-hetero) is 1. The van der Waals surface area contributed by atoms with Crippen molar-refractivity contribution in [2.75, 3.05) is 0 Å². The normalized spacial score (nSPS) is 29.9. The van der Waals surface area contributed by atoms with Crippen LogP contribution in [0.2, 0.25) is 0 Å². The molecule has 1 nitrogen and oxygen atoms in total. The molecule has 2 aliphatic rings. The smallest absolute Gasteiger partial charge is 0.144 e. The zero-order chi connectivity index (χ0) is 14.6. The highest BCUT2D eigenvalue weighted by Gasteiger charge is 2.48. The Morgan fingerprint density at radius 2 is 1.37 bits per heavy atom. The molecule has 0 atom stereocenters. The summed E-state index contributed by atoms with van der Waals surface area (Å²) in [7, 11) is 0. The summed E-state index contributed by atoms with van der Waals surface area (Å²) in [4.78, 5) is 12.5. The molecule has 1 saturated carbocycles. The van der Waals surface area contributed by atoms with Crippen LogP contribution in [-0.4, -0.2) is 5.78 Å². The Morgan fingerprint density at radius 3 is 1.74 bits per heavy atom. The van der Waals surface area contributed by atoms with Crippen LogP contribution in [0.1, 0.15) is 74.1 Å². The maximum atomic E-state index is 12.5. The number of ketones is 1. The molecule has 0 saturated heterocycles. The Balaban J connectivity index is 2.34. The van der Waals surface area contributed by atoms with E-state index in [9.17, 15) is 4.79 Å². The van der Waals surface area contributed by atoms with Crippen molar-refractivity contribution >= 4 is 5.78 Å². The van der Waals surface area contributed by atoms with Gasteiger partial charge in [-0.1, -0.05) is 52.7 Å². The third-order valence-corrected chi connectivity index (χ3v) is 5.75. The molecular weight excluding hydrogens is 232 g/mol. The fraction of sp³-hybridized carbons (Fsp3) is 0.833. The number of hydrogen-bond donors (Lipinski definition) is 0. The van der Waals surface area contributed by atoms with Crippen molar-refractivity contribution in [1.82, 2.24) is 0 Å². The first-order chi connectivity index (χ1) is 8.47. The van der Waals surface area contributed by atoms with Crippen molar-refractivity contribution in [2.24, 2.45) is 22.2 Å². The van der Waals surface area contributed by atoms with Crippen LogP contribution in [0.3, 0.4) is 0 Å². The molecule has 0 amide bonds. The topological polar surface area (TPSA) is 17.1 Å². The molecule has 19 heavy (non-hydrogen) atoms. The minimum absolute atomic E-state index is 0.160. The first kappa shape index (κ1) is 14.8. The van der Waals surface area contributed by atoms with Crippen molar-refractivity contribution in [2.45, 2.75) is 74.1 Å². The number of hydrogen-bond acceptors (Lipinski definition) is 1. The summed E-state index contributed by atoms with van der Waals surface area (Å²) in [6.45, 7) is 15.6. The van der Waals surface area contributed by atoms with Crippen LogP contribution < -0.4 is 0 Å². The summed E-state index contributed by atoms with van der Waals surface area (Å²) in [6.07, 6.45) is 4.60. The van der Waals surface area contributed by atoms with E-state index in [-0.39, 0.29) is 10.8 Å². The summed E-state index contributed by atoms with van der Waals surface area (Å²) >= 11 is 0. The van der Waals surface area contributed by atoms with E-state index in [1.807, 2.05) is 0 Å². The number of carbonyl (C=O) groups excluding carboxylic acids is 1. The van der Waals surface area contributed by atoms with Gasteiger partial charge in [-0.3, -0.25) is 4.79 Å². The van der Waals surface area contributed by atoms with Gasteiger partial charge in [-0.15, -0.1) is 0 Å². The van der Waals surface area contributed by atoms with Gasteiger partial charge in [-0.05, 0) is 43.9 Å². The van der Waals surface area contributed by atoms with Crippen LogP contribution in [0.4, 0.5) is 0 Å². The van der Waals surface area contributed by atoms with Crippen molar-refractivity contribution in [3.63, 3.8) is 0 Å². The molecule has 1 heteroatoms. The number of allylic oxidation sites excluding steroid dienone is 2. The van der Waals surface area contributed by atoms with Crippen LogP contribution in [-0.2, 0) is 4.79 Å². The fourth-order valence-corrected chi connectivity index (χ4v) is 4.42. The highest BCUT2D eigenvalue weighted by atomic mass is 16.1. The van der Waals surface area contributed by atoms with Gasteiger partial charge in [0, 0.05) is 10.8 Å². The zero-order valence-electron chi connectivity index (χ0n) is 13.8. The van der Waals surface area contributed by atoms with Gasteiger partial charge in [0.25, 0.3) is 0 Å². The van der Waals surface area contributed by atoms with E-state index in [0.29, 0.717) is 17.1 Å². The molecule has 0 aromatic heterocycles. The van der Waals surface area contributed by atoms with Crippen LogP contribution in [0.5, 0.6) is 0 Å². The lowest BCUT2D eigenvalue weighted by atomic mass is 9.59. The lowest BCUT2D eigenvalue weighted by Crippen LogP contribution is -2.44. The van der Waals surface area contributed by atoms with Crippen LogP contribution >= 0.6 is 0 Å². The van der Waals surface area contributed by atoms with Gasteiger partial charge in [0.05, 0.1) is 0 Å². The molecule has 0 aromatic carbocycles. The van der Waals surface area contributed by atoms with Crippen LogP contribution in [0.25, 0.3) is 0 Å². The summed E-state index contributed by atoms with van der Waals surface area (Å²) in [5.41, 5.74) is 3.31. The standard InChI is InChI=1S/C18H30O/c1-12-14(8-9-16(12,2)3)13-10-17(4,5)15(19)18(6,7)11-13/h13H,8-11H2,1-7H3. The van der Waals surface area contributed by atoms with E-state index in [1.165, 1.54) is 12.8 Å². The molecular formula is C18H30O. The predicted octanol–water partition coefficient (Wildman–Crippen LogP) is 5.15. The van der Waals surface area contributed by atoms with E-state index in [2.05, 4.69) is 48.5 Å². The third kappa shape index (κ3) is 2.41. The minimum Gasteiger partial charge on any atom is -0.299 e. The summed E-state index contributed by atoms with van der Waals surface area (Å²) in [6, 6.07) is 0.